The quantitative estimate of drug-likeness (QED) is 0.246. The monoisotopic (exact) mass is 160 g/mol. The van der Waals surface area contributed by atoms with Gasteiger partial charge in [-0.15, -0.1) is 17.3 Å². The third kappa shape index (κ3) is 5.78. The van der Waals surface area contributed by atoms with Gasteiger partial charge in [-0.1, -0.05) is 0 Å². The van der Waals surface area contributed by atoms with E-state index in [2.05, 4.69) is 37.9 Å². The summed E-state index contributed by atoms with van der Waals surface area (Å²) in [6.07, 6.45) is 0. The molecule has 0 bridgehead atoms. The third-order valence-electron chi connectivity index (χ3n) is 0.671. The number of thiol groups is 3. The molecule has 0 atom stereocenters. The summed E-state index contributed by atoms with van der Waals surface area (Å²) in [6, 6.07) is 0. The van der Waals surface area contributed by atoms with Crippen molar-refractivity contribution in [3.05, 3.63) is 5.92 Å². The first-order valence-electron chi connectivity index (χ1n) is 2.01. The molecule has 8 heavy (non-hydrogen) atoms. The SMILES string of the molecule is SC[C-](CS)CS.[Li+]. The van der Waals surface area contributed by atoms with E-state index in [1.807, 2.05) is 0 Å². The van der Waals surface area contributed by atoms with E-state index < -0.39 is 0 Å². The molecule has 0 rings (SSSR count). The minimum atomic E-state index is 0. The first-order valence-corrected chi connectivity index (χ1v) is 3.91. The van der Waals surface area contributed by atoms with Crippen molar-refractivity contribution in [2.75, 3.05) is 17.3 Å². The van der Waals surface area contributed by atoms with Gasteiger partial charge < -0.3 is 0 Å². The van der Waals surface area contributed by atoms with Crippen LogP contribution in [0.25, 0.3) is 0 Å². The van der Waals surface area contributed by atoms with Gasteiger partial charge in [-0.2, -0.15) is 0 Å². The predicted octanol–water partition coefficient (Wildman–Crippen LogP) is -1.65. The molecule has 0 aliphatic heterocycles. The molecule has 0 saturated carbocycles. The maximum Gasteiger partial charge on any atom is 1.00 e. The molecule has 0 radical (unpaired) electrons. The number of rotatable bonds is 3. The van der Waals surface area contributed by atoms with Gasteiger partial charge in [0.05, 0.1) is 0 Å². The second kappa shape index (κ2) is 8.65. The molecule has 0 heterocycles. The Morgan fingerprint density at radius 1 is 0.875 bits per heavy atom. The summed E-state index contributed by atoms with van der Waals surface area (Å²) in [5.41, 5.74) is 0. The Bertz CT molecular complexity index is 32.8. The van der Waals surface area contributed by atoms with Gasteiger partial charge in [0.2, 0.25) is 0 Å². The van der Waals surface area contributed by atoms with Crippen LogP contribution >= 0.6 is 37.9 Å². The molecule has 0 aliphatic carbocycles. The van der Waals surface area contributed by atoms with Crippen molar-refractivity contribution in [3.8, 4) is 0 Å². The Morgan fingerprint density at radius 2 is 1.12 bits per heavy atom. The smallest absolute Gasteiger partial charge is 0.286 e. The maximum absolute atomic E-state index is 4.04. The summed E-state index contributed by atoms with van der Waals surface area (Å²) in [7, 11) is 0. The molecule has 0 fully saturated rings. The van der Waals surface area contributed by atoms with Gasteiger partial charge in [0, 0.05) is 0 Å². The summed E-state index contributed by atoms with van der Waals surface area (Å²) in [5.74, 6) is 3.71. The molecule has 0 aromatic carbocycles. The largest absolute Gasteiger partial charge is 1.00 e. The fourth-order valence-electron chi connectivity index (χ4n) is 0.150. The normalized spacial score (nSPS) is 9.00. The van der Waals surface area contributed by atoms with Crippen LogP contribution in [0.1, 0.15) is 0 Å². The Morgan fingerprint density at radius 3 is 1.12 bits per heavy atom. The first-order chi connectivity index (χ1) is 3.35. The standard InChI is InChI=1S/C4H9S3.Li/c5-1-4(2-6)3-7;/h5-7H,1-3H2;/q-1;+1. The van der Waals surface area contributed by atoms with Crippen LogP contribution in [-0.4, -0.2) is 17.3 Å². The molecule has 44 valence electrons. The van der Waals surface area contributed by atoms with E-state index >= 15 is 0 Å². The Balaban J connectivity index is 0. The van der Waals surface area contributed by atoms with E-state index in [-0.39, 0.29) is 18.9 Å². The molecule has 0 aliphatic rings. The molecule has 0 spiro atoms. The van der Waals surface area contributed by atoms with Crippen LogP contribution < -0.4 is 18.9 Å². The topological polar surface area (TPSA) is 0 Å². The first kappa shape index (κ1) is 12.3. The molecule has 0 aromatic heterocycles. The zero-order chi connectivity index (χ0) is 5.70. The Hall–Kier alpha value is 1.65. The molecule has 0 unspecified atom stereocenters. The van der Waals surface area contributed by atoms with Crippen molar-refractivity contribution in [1.29, 1.82) is 0 Å². The van der Waals surface area contributed by atoms with Gasteiger partial charge in [0.15, 0.2) is 0 Å². The molecular formula is C4H9LiS3. The molecule has 0 amide bonds. The fraction of sp³-hybridized carbons (Fsp3) is 0.750. The van der Waals surface area contributed by atoms with Gasteiger partial charge in [-0.3, -0.25) is 5.92 Å². The Kier molecular flexibility index (Phi) is 13.3. The van der Waals surface area contributed by atoms with E-state index in [4.69, 9.17) is 0 Å². The molecule has 0 N–H and O–H groups in total. The van der Waals surface area contributed by atoms with Crippen LogP contribution in [0.2, 0.25) is 0 Å². The predicted molar refractivity (Wildman–Crippen MR) is 44.8 cm³/mol. The van der Waals surface area contributed by atoms with E-state index in [1.165, 1.54) is 5.92 Å². The van der Waals surface area contributed by atoms with Crippen molar-refractivity contribution < 1.29 is 18.9 Å². The van der Waals surface area contributed by atoms with Crippen LogP contribution in [0.4, 0.5) is 0 Å². The average molecular weight is 160 g/mol. The van der Waals surface area contributed by atoms with Crippen LogP contribution in [0.3, 0.4) is 0 Å². The third-order valence-corrected chi connectivity index (χ3v) is 2.01. The van der Waals surface area contributed by atoms with E-state index in [9.17, 15) is 0 Å². The van der Waals surface area contributed by atoms with Crippen molar-refractivity contribution in [2.24, 2.45) is 0 Å². The Labute approximate surface area is 79.6 Å². The second-order valence-corrected chi connectivity index (χ2v) is 2.17. The van der Waals surface area contributed by atoms with Crippen molar-refractivity contribution >= 4 is 37.9 Å². The van der Waals surface area contributed by atoms with Gasteiger partial charge in [0.1, 0.15) is 0 Å². The molecule has 0 aromatic rings. The van der Waals surface area contributed by atoms with Gasteiger partial charge in [-0.05, 0) is 0 Å². The van der Waals surface area contributed by atoms with E-state index in [0.717, 1.165) is 17.3 Å². The number of hydrogen-bond donors (Lipinski definition) is 3. The van der Waals surface area contributed by atoms with Crippen LogP contribution in [0, 0.1) is 5.92 Å². The van der Waals surface area contributed by atoms with E-state index in [0.29, 0.717) is 0 Å². The molecular weight excluding hydrogens is 151 g/mol. The van der Waals surface area contributed by atoms with Crippen molar-refractivity contribution in [3.63, 3.8) is 0 Å². The second-order valence-electron chi connectivity index (χ2n) is 1.22. The number of hydrogen-bond acceptors (Lipinski definition) is 3. The van der Waals surface area contributed by atoms with Crippen molar-refractivity contribution in [2.45, 2.75) is 0 Å². The molecule has 0 saturated heterocycles. The van der Waals surface area contributed by atoms with Crippen LogP contribution in [-0.2, 0) is 0 Å². The minimum absolute atomic E-state index is 0. The summed E-state index contributed by atoms with van der Waals surface area (Å²) < 4.78 is 0. The summed E-state index contributed by atoms with van der Waals surface area (Å²) in [4.78, 5) is 0. The van der Waals surface area contributed by atoms with E-state index in [1.54, 1.807) is 0 Å². The van der Waals surface area contributed by atoms with Gasteiger partial charge >= 0.3 is 18.9 Å². The van der Waals surface area contributed by atoms with Crippen molar-refractivity contribution in [1.82, 2.24) is 0 Å². The zero-order valence-corrected chi connectivity index (χ0v) is 7.65. The maximum atomic E-state index is 4.04. The summed E-state index contributed by atoms with van der Waals surface area (Å²) >= 11 is 12.1. The molecule has 0 nitrogen and oxygen atoms in total. The summed E-state index contributed by atoms with van der Waals surface area (Å²) in [6.45, 7) is 0. The average Bonchev–Trinajstić information content (AvgIpc) is 1.72. The zero-order valence-electron chi connectivity index (χ0n) is 4.96. The summed E-state index contributed by atoms with van der Waals surface area (Å²) in [5, 5.41) is 0. The van der Waals surface area contributed by atoms with Gasteiger partial charge in [0.25, 0.3) is 0 Å². The minimum Gasteiger partial charge on any atom is -0.286 e. The van der Waals surface area contributed by atoms with Crippen LogP contribution in [0.5, 0.6) is 0 Å². The van der Waals surface area contributed by atoms with Crippen LogP contribution in [0.15, 0.2) is 0 Å². The van der Waals surface area contributed by atoms with Gasteiger partial charge in [-0.25, -0.2) is 37.9 Å². The fourth-order valence-corrected chi connectivity index (χ4v) is 1.35. The molecule has 4 heteroatoms.